The van der Waals surface area contributed by atoms with Crippen molar-refractivity contribution < 1.29 is 0 Å². The molecule has 0 N–H and O–H groups in total. The first-order valence-corrected chi connectivity index (χ1v) is 4.78. The summed E-state index contributed by atoms with van der Waals surface area (Å²) < 4.78 is 0. The second-order valence-corrected chi connectivity index (χ2v) is 4.03. The van der Waals surface area contributed by atoms with Crippen LogP contribution in [-0.4, -0.2) is 0 Å². The van der Waals surface area contributed by atoms with Crippen molar-refractivity contribution in [2.24, 2.45) is 0 Å². The number of rotatable bonds is 2. The first-order chi connectivity index (χ1) is 6.02. The van der Waals surface area contributed by atoms with Crippen LogP contribution in [0.25, 0.3) is 5.57 Å². The molecule has 0 bridgehead atoms. The fourth-order valence-electron chi connectivity index (χ4n) is 1.55. The van der Waals surface area contributed by atoms with E-state index in [0.717, 1.165) is 5.57 Å². The Kier molecular flexibility index (Phi) is 2.92. The summed E-state index contributed by atoms with van der Waals surface area (Å²) in [5, 5.41) is 0. The molecule has 1 aromatic carbocycles. The first kappa shape index (κ1) is 10.0. The largest absolute Gasteiger partial charge is 0.0955 e. The lowest BCUT2D eigenvalue weighted by molar-refractivity contribution is 0.861. The van der Waals surface area contributed by atoms with Crippen LogP contribution in [0.5, 0.6) is 0 Å². The van der Waals surface area contributed by atoms with E-state index in [1.54, 1.807) is 0 Å². The molecule has 0 saturated heterocycles. The minimum atomic E-state index is 0.576. The highest BCUT2D eigenvalue weighted by molar-refractivity contribution is 5.65. The molecular weight excluding hydrogens is 156 g/mol. The van der Waals surface area contributed by atoms with Crippen molar-refractivity contribution in [3.63, 3.8) is 0 Å². The van der Waals surface area contributed by atoms with Crippen LogP contribution in [0.1, 0.15) is 43.4 Å². The zero-order chi connectivity index (χ0) is 10.0. The second kappa shape index (κ2) is 3.78. The van der Waals surface area contributed by atoms with E-state index in [1.165, 1.54) is 16.7 Å². The third-order valence-corrected chi connectivity index (χ3v) is 2.29. The van der Waals surface area contributed by atoms with Crippen molar-refractivity contribution in [2.75, 3.05) is 0 Å². The molecule has 0 atom stereocenters. The smallest absolute Gasteiger partial charge is 0.0198 e. The lowest BCUT2D eigenvalue weighted by Gasteiger charge is -2.13. The average Bonchev–Trinajstić information content (AvgIpc) is 2.03. The molecule has 0 fully saturated rings. The molecule has 0 heteroatoms. The van der Waals surface area contributed by atoms with Gasteiger partial charge in [-0.2, -0.15) is 0 Å². The van der Waals surface area contributed by atoms with Gasteiger partial charge < -0.3 is 0 Å². The number of allylic oxidation sites excluding steroid dienone is 1. The summed E-state index contributed by atoms with van der Waals surface area (Å²) in [4.78, 5) is 0. The lowest BCUT2D eigenvalue weighted by atomic mass is 9.92. The molecule has 0 aliphatic heterocycles. The highest BCUT2D eigenvalue weighted by Gasteiger charge is 2.06. The van der Waals surface area contributed by atoms with Gasteiger partial charge in [-0.3, -0.25) is 0 Å². The first-order valence-electron chi connectivity index (χ1n) is 4.78. The maximum absolute atomic E-state index is 4.00. The van der Waals surface area contributed by atoms with E-state index in [9.17, 15) is 0 Å². The van der Waals surface area contributed by atoms with Gasteiger partial charge in [0.2, 0.25) is 0 Å². The number of benzene rings is 1. The van der Waals surface area contributed by atoms with E-state index in [0.29, 0.717) is 5.92 Å². The quantitative estimate of drug-likeness (QED) is 0.631. The van der Waals surface area contributed by atoms with E-state index in [4.69, 9.17) is 0 Å². The molecule has 0 unspecified atom stereocenters. The SMILES string of the molecule is C=C(C)c1ccc(C)cc1C(C)C. The number of hydrogen-bond donors (Lipinski definition) is 0. The van der Waals surface area contributed by atoms with Crippen LogP contribution in [-0.2, 0) is 0 Å². The van der Waals surface area contributed by atoms with Crippen LogP contribution in [0.15, 0.2) is 24.8 Å². The monoisotopic (exact) mass is 174 g/mol. The van der Waals surface area contributed by atoms with Gasteiger partial charge in [-0.15, -0.1) is 0 Å². The molecular formula is C13H18. The minimum Gasteiger partial charge on any atom is -0.0955 e. The van der Waals surface area contributed by atoms with E-state index >= 15 is 0 Å². The molecule has 13 heavy (non-hydrogen) atoms. The molecule has 0 aliphatic rings. The van der Waals surface area contributed by atoms with Crippen LogP contribution < -0.4 is 0 Å². The molecule has 0 nitrogen and oxygen atoms in total. The molecule has 1 rings (SSSR count). The van der Waals surface area contributed by atoms with Gasteiger partial charge in [0.1, 0.15) is 0 Å². The summed E-state index contributed by atoms with van der Waals surface area (Å²) >= 11 is 0. The normalized spacial score (nSPS) is 10.5. The van der Waals surface area contributed by atoms with Crippen molar-refractivity contribution in [3.8, 4) is 0 Å². The van der Waals surface area contributed by atoms with E-state index in [-0.39, 0.29) is 0 Å². The Balaban J connectivity index is 3.26. The van der Waals surface area contributed by atoms with Crippen molar-refractivity contribution in [1.29, 1.82) is 0 Å². The molecule has 0 amide bonds. The number of aryl methyl sites for hydroxylation is 1. The summed E-state index contributed by atoms with van der Waals surface area (Å²) in [6.45, 7) is 12.6. The van der Waals surface area contributed by atoms with Crippen molar-refractivity contribution in [2.45, 2.75) is 33.6 Å². The Labute approximate surface area is 81.3 Å². The maximum Gasteiger partial charge on any atom is -0.0198 e. The molecule has 0 saturated carbocycles. The summed E-state index contributed by atoms with van der Waals surface area (Å²) in [5.74, 6) is 0.576. The van der Waals surface area contributed by atoms with Crippen molar-refractivity contribution >= 4 is 5.57 Å². The van der Waals surface area contributed by atoms with Gasteiger partial charge in [-0.25, -0.2) is 0 Å². The molecule has 0 heterocycles. The Morgan fingerprint density at radius 3 is 2.38 bits per heavy atom. The summed E-state index contributed by atoms with van der Waals surface area (Å²) in [6.07, 6.45) is 0. The minimum absolute atomic E-state index is 0.576. The van der Waals surface area contributed by atoms with Gasteiger partial charge >= 0.3 is 0 Å². The molecule has 1 aromatic rings. The van der Waals surface area contributed by atoms with Crippen LogP contribution in [0, 0.1) is 6.92 Å². The van der Waals surface area contributed by atoms with Crippen LogP contribution in [0.2, 0.25) is 0 Å². The van der Waals surface area contributed by atoms with Gasteiger partial charge in [0.15, 0.2) is 0 Å². The summed E-state index contributed by atoms with van der Waals surface area (Å²) in [5.41, 5.74) is 5.20. The highest BCUT2D eigenvalue weighted by Crippen LogP contribution is 2.25. The van der Waals surface area contributed by atoms with Crippen molar-refractivity contribution in [1.82, 2.24) is 0 Å². The third-order valence-electron chi connectivity index (χ3n) is 2.29. The topological polar surface area (TPSA) is 0 Å². The Morgan fingerprint density at radius 1 is 1.31 bits per heavy atom. The molecule has 0 aliphatic carbocycles. The standard InChI is InChI=1S/C13H18/c1-9(2)12-7-6-11(5)8-13(12)10(3)4/h6-8,10H,1H2,2-5H3. The average molecular weight is 174 g/mol. The molecule has 0 radical (unpaired) electrons. The van der Waals surface area contributed by atoms with Gasteiger partial charge in [-0.1, -0.05) is 49.8 Å². The molecule has 70 valence electrons. The molecule has 0 aromatic heterocycles. The number of hydrogen-bond acceptors (Lipinski definition) is 0. The van der Waals surface area contributed by atoms with Gasteiger partial charge in [0.05, 0.1) is 0 Å². The fourth-order valence-corrected chi connectivity index (χ4v) is 1.55. The van der Waals surface area contributed by atoms with E-state index in [2.05, 4.69) is 52.5 Å². The predicted octanol–water partition coefficient (Wildman–Crippen LogP) is 4.15. The van der Waals surface area contributed by atoms with Crippen LogP contribution in [0.4, 0.5) is 0 Å². The lowest BCUT2D eigenvalue weighted by Crippen LogP contribution is -1.94. The van der Waals surface area contributed by atoms with Crippen LogP contribution in [0.3, 0.4) is 0 Å². The zero-order valence-electron chi connectivity index (χ0n) is 9.02. The van der Waals surface area contributed by atoms with Gasteiger partial charge in [0, 0.05) is 0 Å². The van der Waals surface area contributed by atoms with Crippen LogP contribution >= 0.6 is 0 Å². The van der Waals surface area contributed by atoms with Gasteiger partial charge in [-0.05, 0) is 30.9 Å². The Morgan fingerprint density at radius 2 is 1.92 bits per heavy atom. The Hall–Kier alpha value is -1.04. The summed E-state index contributed by atoms with van der Waals surface area (Å²) in [6, 6.07) is 6.58. The van der Waals surface area contributed by atoms with E-state index < -0.39 is 0 Å². The highest BCUT2D eigenvalue weighted by atomic mass is 14.1. The van der Waals surface area contributed by atoms with Gasteiger partial charge in [0.25, 0.3) is 0 Å². The second-order valence-electron chi connectivity index (χ2n) is 4.03. The van der Waals surface area contributed by atoms with E-state index in [1.807, 2.05) is 0 Å². The Bertz CT molecular complexity index is 319. The molecule has 0 spiro atoms. The predicted molar refractivity (Wildman–Crippen MR) is 60.0 cm³/mol. The summed E-state index contributed by atoms with van der Waals surface area (Å²) in [7, 11) is 0. The zero-order valence-corrected chi connectivity index (χ0v) is 9.02. The maximum atomic E-state index is 4.00. The fraction of sp³-hybridized carbons (Fsp3) is 0.385. The third kappa shape index (κ3) is 2.21. The van der Waals surface area contributed by atoms with Crippen molar-refractivity contribution in [3.05, 3.63) is 41.5 Å².